The molecule has 0 aliphatic heterocycles. The van der Waals surface area contributed by atoms with Crippen molar-refractivity contribution < 1.29 is 16.8 Å². The van der Waals surface area contributed by atoms with E-state index in [1.165, 1.54) is 0 Å². The minimum absolute atomic E-state index is 0.00550. The van der Waals surface area contributed by atoms with E-state index in [2.05, 4.69) is 9.69 Å². The molecule has 20 heavy (non-hydrogen) atoms. The molecule has 1 aromatic rings. The Morgan fingerprint density at radius 2 is 1.90 bits per heavy atom. The minimum atomic E-state index is -3.45. The molecule has 0 bridgehead atoms. The molecule has 0 atom stereocenters. The molecule has 1 aromatic heterocycles. The lowest BCUT2D eigenvalue weighted by Gasteiger charge is -2.07. The Morgan fingerprint density at radius 3 is 2.45 bits per heavy atom. The Labute approximate surface area is 123 Å². The predicted octanol–water partition coefficient (Wildman–Crippen LogP) is 0.756. The van der Waals surface area contributed by atoms with Gasteiger partial charge in [-0.1, -0.05) is 6.92 Å². The van der Waals surface area contributed by atoms with E-state index in [0.29, 0.717) is 24.4 Å². The number of nitrogen functional groups attached to an aromatic ring is 1. The van der Waals surface area contributed by atoms with Gasteiger partial charge in [-0.15, -0.1) is 0 Å². The molecule has 3 N–H and O–H groups in total. The summed E-state index contributed by atoms with van der Waals surface area (Å²) in [6.45, 7) is 2.12. The van der Waals surface area contributed by atoms with Crippen molar-refractivity contribution in [2.75, 3.05) is 35.4 Å². The second kappa shape index (κ2) is 6.72. The molecule has 0 aromatic carbocycles. The maximum absolute atomic E-state index is 12.1. The molecule has 0 unspecified atom stereocenters. The minimum Gasteiger partial charge on any atom is -0.382 e. The molecule has 0 radical (unpaired) electrons. The molecule has 0 saturated carbocycles. The van der Waals surface area contributed by atoms with E-state index < -0.39 is 19.7 Å². The van der Waals surface area contributed by atoms with Gasteiger partial charge in [-0.2, -0.15) is 4.37 Å². The van der Waals surface area contributed by atoms with Gasteiger partial charge in [0, 0.05) is 12.8 Å². The highest BCUT2D eigenvalue weighted by atomic mass is 32.2. The molecular formula is C10H19N3O4S3. The number of nitrogens with two attached hydrogens (primary N) is 1. The smallest absolute Gasteiger partial charge is 0.185 e. The highest BCUT2D eigenvalue weighted by Gasteiger charge is 2.24. The Kier molecular flexibility index (Phi) is 5.78. The van der Waals surface area contributed by atoms with Crippen molar-refractivity contribution in [3.63, 3.8) is 0 Å². The zero-order chi connectivity index (χ0) is 15.4. The molecule has 116 valence electrons. The summed E-state index contributed by atoms with van der Waals surface area (Å²) in [6, 6.07) is 0. The molecule has 1 heterocycles. The average molecular weight is 341 g/mol. The van der Waals surface area contributed by atoms with Crippen molar-refractivity contribution in [1.82, 2.24) is 4.37 Å². The Balaban J connectivity index is 2.78. The number of nitrogens with one attached hydrogen (secondary N) is 1. The van der Waals surface area contributed by atoms with E-state index in [1.54, 1.807) is 6.92 Å². The largest absolute Gasteiger partial charge is 0.382 e. The standard InChI is InChI=1S/C10H19N3O4S3/c1-3-6-20(16,17)8-9(11)13-18-10(8)12-5-4-7-19(2,14)15/h12H,3-7H2,1-2H3,(H2,11,13). The number of sulfone groups is 2. The lowest BCUT2D eigenvalue weighted by atomic mass is 10.5. The van der Waals surface area contributed by atoms with Crippen LogP contribution in [0.4, 0.5) is 10.8 Å². The number of hydrogen-bond acceptors (Lipinski definition) is 8. The fourth-order valence-corrected chi connectivity index (χ4v) is 4.93. The van der Waals surface area contributed by atoms with Crippen LogP contribution >= 0.6 is 11.5 Å². The van der Waals surface area contributed by atoms with E-state index in [1.807, 2.05) is 0 Å². The van der Waals surface area contributed by atoms with Crippen LogP contribution in [0.2, 0.25) is 0 Å². The molecule has 0 spiro atoms. The molecule has 0 saturated heterocycles. The van der Waals surface area contributed by atoms with Crippen molar-refractivity contribution >= 4 is 42.0 Å². The van der Waals surface area contributed by atoms with Crippen molar-refractivity contribution in [2.24, 2.45) is 0 Å². The third kappa shape index (κ3) is 4.91. The molecular weight excluding hydrogens is 322 g/mol. The average Bonchev–Trinajstić information content (AvgIpc) is 2.65. The Bertz CT molecular complexity index is 649. The zero-order valence-corrected chi connectivity index (χ0v) is 13.9. The van der Waals surface area contributed by atoms with E-state index >= 15 is 0 Å². The van der Waals surface area contributed by atoms with Crippen LogP contribution in [0.3, 0.4) is 0 Å². The molecule has 10 heteroatoms. The van der Waals surface area contributed by atoms with Gasteiger partial charge >= 0.3 is 0 Å². The molecule has 1 rings (SSSR count). The van der Waals surface area contributed by atoms with Crippen molar-refractivity contribution in [3.8, 4) is 0 Å². The van der Waals surface area contributed by atoms with Gasteiger partial charge in [-0.05, 0) is 24.4 Å². The first kappa shape index (κ1) is 17.2. The first-order valence-electron chi connectivity index (χ1n) is 6.07. The molecule has 0 aliphatic rings. The third-order valence-electron chi connectivity index (χ3n) is 2.44. The number of anilines is 2. The second-order valence-electron chi connectivity index (χ2n) is 4.46. The maximum atomic E-state index is 12.1. The van der Waals surface area contributed by atoms with Crippen LogP contribution in [0, 0.1) is 0 Å². The monoisotopic (exact) mass is 341 g/mol. The number of aromatic nitrogens is 1. The highest BCUT2D eigenvalue weighted by Crippen LogP contribution is 2.32. The first-order valence-corrected chi connectivity index (χ1v) is 10.6. The van der Waals surface area contributed by atoms with Crippen LogP contribution in [0.1, 0.15) is 19.8 Å². The van der Waals surface area contributed by atoms with Crippen molar-refractivity contribution in [3.05, 3.63) is 0 Å². The summed E-state index contributed by atoms with van der Waals surface area (Å²) in [7, 11) is -6.47. The molecule has 0 fully saturated rings. The SMILES string of the molecule is CCCS(=O)(=O)c1c(N)nsc1NCCCS(C)(=O)=O. The summed E-state index contributed by atoms with van der Waals surface area (Å²) in [5.74, 6) is 0.0490. The van der Waals surface area contributed by atoms with Crippen LogP contribution in [0.15, 0.2) is 4.90 Å². The Morgan fingerprint density at radius 1 is 1.25 bits per heavy atom. The van der Waals surface area contributed by atoms with Crippen LogP contribution < -0.4 is 11.1 Å². The van der Waals surface area contributed by atoms with Gasteiger partial charge in [0.2, 0.25) is 0 Å². The zero-order valence-electron chi connectivity index (χ0n) is 11.4. The van der Waals surface area contributed by atoms with E-state index in [4.69, 9.17) is 5.73 Å². The normalized spacial score (nSPS) is 12.5. The lowest BCUT2D eigenvalue weighted by molar-refractivity contribution is 0.594. The maximum Gasteiger partial charge on any atom is 0.185 e. The summed E-state index contributed by atoms with van der Waals surface area (Å²) >= 11 is 0.972. The first-order chi connectivity index (χ1) is 9.17. The van der Waals surface area contributed by atoms with Gasteiger partial charge in [-0.25, -0.2) is 16.8 Å². The van der Waals surface area contributed by atoms with Gasteiger partial charge in [0.25, 0.3) is 0 Å². The summed E-state index contributed by atoms with van der Waals surface area (Å²) < 4.78 is 50.0. The predicted molar refractivity (Wildman–Crippen MR) is 81.7 cm³/mol. The second-order valence-corrected chi connectivity index (χ2v) is 9.53. The topological polar surface area (TPSA) is 119 Å². The van der Waals surface area contributed by atoms with Gasteiger partial charge in [0.1, 0.15) is 19.7 Å². The Hall–Kier alpha value is -0.870. The lowest BCUT2D eigenvalue weighted by Crippen LogP contribution is -2.13. The summed E-state index contributed by atoms with van der Waals surface area (Å²) in [5.41, 5.74) is 5.62. The molecule has 0 aliphatic carbocycles. The third-order valence-corrected chi connectivity index (χ3v) is 6.39. The van der Waals surface area contributed by atoms with Crippen molar-refractivity contribution in [1.29, 1.82) is 0 Å². The van der Waals surface area contributed by atoms with E-state index in [-0.39, 0.29) is 22.2 Å². The number of nitrogens with zero attached hydrogens (tertiary/aromatic N) is 1. The van der Waals surface area contributed by atoms with Crippen LogP contribution in [-0.4, -0.2) is 45.5 Å². The fourth-order valence-electron chi connectivity index (χ4n) is 1.61. The highest BCUT2D eigenvalue weighted by molar-refractivity contribution is 7.92. The van der Waals surface area contributed by atoms with Crippen LogP contribution in [0.25, 0.3) is 0 Å². The summed E-state index contributed by atoms with van der Waals surface area (Å²) in [6.07, 6.45) is 2.05. The summed E-state index contributed by atoms with van der Waals surface area (Å²) in [4.78, 5) is 0.0312. The van der Waals surface area contributed by atoms with E-state index in [0.717, 1.165) is 17.8 Å². The van der Waals surface area contributed by atoms with Gasteiger partial charge in [0.05, 0.1) is 11.5 Å². The number of hydrogen-bond donors (Lipinski definition) is 2. The molecule has 7 nitrogen and oxygen atoms in total. The van der Waals surface area contributed by atoms with Crippen molar-refractivity contribution in [2.45, 2.75) is 24.7 Å². The number of rotatable bonds is 8. The quantitative estimate of drug-likeness (QED) is 0.670. The van der Waals surface area contributed by atoms with Gasteiger partial charge in [0.15, 0.2) is 15.7 Å². The van der Waals surface area contributed by atoms with E-state index in [9.17, 15) is 16.8 Å². The van der Waals surface area contributed by atoms with Crippen LogP contribution in [0.5, 0.6) is 0 Å². The van der Waals surface area contributed by atoms with Gasteiger partial charge < -0.3 is 11.1 Å². The van der Waals surface area contributed by atoms with Gasteiger partial charge in [-0.3, -0.25) is 0 Å². The summed E-state index contributed by atoms with van der Waals surface area (Å²) in [5, 5.41) is 3.28. The molecule has 0 amide bonds. The fraction of sp³-hybridized carbons (Fsp3) is 0.700. The van der Waals surface area contributed by atoms with Crippen LogP contribution in [-0.2, 0) is 19.7 Å².